The highest BCUT2D eigenvalue weighted by Gasteiger charge is 2.36. The van der Waals surface area contributed by atoms with Crippen molar-refractivity contribution < 1.29 is 14.4 Å². The van der Waals surface area contributed by atoms with Gasteiger partial charge in [0.05, 0.1) is 18.1 Å². The van der Waals surface area contributed by atoms with Gasteiger partial charge in [0.2, 0.25) is 0 Å². The van der Waals surface area contributed by atoms with Crippen LogP contribution in [0.5, 0.6) is 5.75 Å². The summed E-state index contributed by atoms with van der Waals surface area (Å²) in [5.74, 6) is 0.977. The average Bonchev–Trinajstić information content (AvgIpc) is 3.31. The highest BCUT2D eigenvalue weighted by molar-refractivity contribution is 5.68. The third-order valence-corrected chi connectivity index (χ3v) is 4.22. The number of nitrogens with one attached hydrogen (secondary N) is 1. The number of methoxy groups -OCH3 is 1. The Hall–Kier alpha value is -1.82. The normalized spacial score (nSPS) is 25.4. The molecule has 1 aliphatic carbocycles. The molecule has 1 N–H and O–H groups in total. The molecule has 21 heavy (non-hydrogen) atoms. The van der Waals surface area contributed by atoms with Gasteiger partial charge in [-0.05, 0) is 43.7 Å². The summed E-state index contributed by atoms with van der Waals surface area (Å²) in [7, 11) is 1.45. The second-order valence-corrected chi connectivity index (χ2v) is 5.73. The molecular weight excluding hydrogens is 272 g/mol. The van der Waals surface area contributed by atoms with Gasteiger partial charge in [-0.1, -0.05) is 6.07 Å². The average molecular weight is 292 g/mol. The number of ether oxygens (including phenoxy) is 2. The van der Waals surface area contributed by atoms with E-state index in [4.69, 9.17) is 9.47 Å². The van der Waals surface area contributed by atoms with Gasteiger partial charge >= 0.3 is 5.69 Å². The van der Waals surface area contributed by atoms with Gasteiger partial charge in [0.15, 0.2) is 5.75 Å². The molecule has 0 radical (unpaired) electrons. The number of rotatable bonds is 5. The van der Waals surface area contributed by atoms with E-state index >= 15 is 0 Å². The van der Waals surface area contributed by atoms with Crippen molar-refractivity contribution in [2.45, 2.75) is 37.8 Å². The zero-order chi connectivity index (χ0) is 14.8. The van der Waals surface area contributed by atoms with Crippen molar-refractivity contribution in [3.8, 4) is 5.75 Å². The first-order valence-corrected chi connectivity index (χ1v) is 7.38. The molecule has 0 spiro atoms. The standard InChI is InChI=1S/C15H20N2O4/c1-20-13-4-2-3-12(15(13)17(18)19)16-11-7-8-21-14(9-11)10-5-6-10/h2-4,10-11,14,16H,5-9H2,1H3/t11-,14+/m0/s1. The molecule has 1 aliphatic heterocycles. The zero-order valence-electron chi connectivity index (χ0n) is 12.1. The molecule has 6 heteroatoms. The lowest BCUT2D eigenvalue weighted by atomic mass is 9.99. The van der Waals surface area contributed by atoms with Crippen LogP contribution in [0, 0.1) is 16.0 Å². The van der Waals surface area contributed by atoms with E-state index in [9.17, 15) is 10.1 Å². The summed E-state index contributed by atoms with van der Waals surface area (Å²) in [6.07, 6.45) is 4.59. The summed E-state index contributed by atoms with van der Waals surface area (Å²) in [5.41, 5.74) is 0.537. The molecule has 2 fully saturated rings. The number of hydrogen-bond donors (Lipinski definition) is 1. The van der Waals surface area contributed by atoms with Crippen LogP contribution in [-0.4, -0.2) is 30.8 Å². The Balaban J connectivity index is 1.76. The molecule has 2 aliphatic rings. The minimum absolute atomic E-state index is 0.00876. The number of nitro benzene ring substituents is 1. The second-order valence-electron chi connectivity index (χ2n) is 5.73. The van der Waals surface area contributed by atoms with Crippen molar-refractivity contribution in [3.05, 3.63) is 28.3 Å². The van der Waals surface area contributed by atoms with E-state index in [-0.39, 0.29) is 17.5 Å². The number of para-hydroxylation sites is 1. The minimum Gasteiger partial charge on any atom is -0.490 e. The van der Waals surface area contributed by atoms with Gasteiger partial charge in [0, 0.05) is 12.6 Å². The topological polar surface area (TPSA) is 73.6 Å². The van der Waals surface area contributed by atoms with Crippen molar-refractivity contribution in [1.82, 2.24) is 0 Å². The van der Waals surface area contributed by atoms with E-state index in [0.717, 1.165) is 19.4 Å². The van der Waals surface area contributed by atoms with Crippen LogP contribution in [0.1, 0.15) is 25.7 Å². The van der Waals surface area contributed by atoms with Crippen LogP contribution >= 0.6 is 0 Å². The van der Waals surface area contributed by atoms with E-state index in [2.05, 4.69) is 5.32 Å². The Morgan fingerprint density at radius 3 is 2.86 bits per heavy atom. The molecule has 0 unspecified atom stereocenters. The van der Waals surface area contributed by atoms with E-state index in [0.29, 0.717) is 17.7 Å². The fraction of sp³-hybridized carbons (Fsp3) is 0.600. The highest BCUT2D eigenvalue weighted by Crippen LogP contribution is 2.40. The largest absolute Gasteiger partial charge is 0.490 e. The maximum absolute atomic E-state index is 11.3. The Kier molecular flexibility index (Phi) is 3.96. The maximum Gasteiger partial charge on any atom is 0.333 e. The third kappa shape index (κ3) is 3.10. The predicted molar refractivity (Wildman–Crippen MR) is 78.8 cm³/mol. The predicted octanol–water partition coefficient (Wildman–Crippen LogP) is 2.97. The molecule has 0 bridgehead atoms. The van der Waals surface area contributed by atoms with E-state index in [1.54, 1.807) is 18.2 Å². The Bertz CT molecular complexity index is 530. The smallest absolute Gasteiger partial charge is 0.333 e. The quantitative estimate of drug-likeness (QED) is 0.667. The van der Waals surface area contributed by atoms with E-state index in [1.807, 2.05) is 0 Å². The number of benzene rings is 1. The Morgan fingerprint density at radius 1 is 1.38 bits per heavy atom. The first-order valence-electron chi connectivity index (χ1n) is 7.38. The molecule has 1 saturated carbocycles. The fourth-order valence-corrected chi connectivity index (χ4v) is 2.97. The summed E-state index contributed by atoms with van der Waals surface area (Å²) in [6.45, 7) is 0.719. The number of nitro groups is 1. The van der Waals surface area contributed by atoms with Crippen molar-refractivity contribution in [1.29, 1.82) is 0 Å². The lowest BCUT2D eigenvalue weighted by molar-refractivity contribution is -0.384. The molecule has 0 amide bonds. The first kappa shape index (κ1) is 14.1. The molecule has 1 aromatic carbocycles. The lowest BCUT2D eigenvalue weighted by Crippen LogP contribution is -2.35. The van der Waals surface area contributed by atoms with Gasteiger partial charge in [-0.2, -0.15) is 0 Å². The molecule has 2 atom stereocenters. The second kappa shape index (κ2) is 5.89. The van der Waals surface area contributed by atoms with Crippen LogP contribution in [0.25, 0.3) is 0 Å². The third-order valence-electron chi connectivity index (χ3n) is 4.22. The van der Waals surface area contributed by atoms with Gasteiger partial charge in [0.1, 0.15) is 5.69 Å². The summed E-state index contributed by atoms with van der Waals surface area (Å²) in [6, 6.07) is 5.34. The minimum atomic E-state index is -0.390. The van der Waals surface area contributed by atoms with Crippen molar-refractivity contribution in [3.63, 3.8) is 0 Å². The van der Waals surface area contributed by atoms with Gasteiger partial charge in [-0.15, -0.1) is 0 Å². The molecule has 1 aromatic rings. The van der Waals surface area contributed by atoms with Gasteiger partial charge < -0.3 is 14.8 Å². The molecule has 1 saturated heterocycles. The summed E-state index contributed by atoms with van der Waals surface area (Å²) in [4.78, 5) is 10.9. The van der Waals surface area contributed by atoms with Gasteiger partial charge in [0.25, 0.3) is 0 Å². The van der Waals surface area contributed by atoms with Crippen LogP contribution in [-0.2, 0) is 4.74 Å². The highest BCUT2D eigenvalue weighted by atomic mass is 16.6. The van der Waals surface area contributed by atoms with E-state index in [1.165, 1.54) is 20.0 Å². The Labute approximate surface area is 123 Å². The van der Waals surface area contributed by atoms with Gasteiger partial charge in [-0.3, -0.25) is 10.1 Å². The molecule has 0 aromatic heterocycles. The van der Waals surface area contributed by atoms with Gasteiger partial charge in [-0.25, -0.2) is 0 Å². The number of nitrogens with zero attached hydrogens (tertiary/aromatic N) is 1. The molecular formula is C15H20N2O4. The van der Waals surface area contributed by atoms with Crippen molar-refractivity contribution >= 4 is 11.4 Å². The van der Waals surface area contributed by atoms with Crippen LogP contribution < -0.4 is 10.1 Å². The number of anilines is 1. The number of hydrogen-bond acceptors (Lipinski definition) is 5. The summed E-state index contributed by atoms with van der Waals surface area (Å²) >= 11 is 0. The Morgan fingerprint density at radius 2 is 2.19 bits per heavy atom. The zero-order valence-corrected chi connectivity index (χ0v) is 12.1. The van der Waals surface area contributed by atoms with Crippen LogP contribution in [0.2, 0.25) is 0 Å². The maximum atomic E-state index is 11.3. The summed E-state index contributed by atoms with van der Waals surface area (Å²) in [5, 5.41) is 14.6. The van der Waals surface area contributed by atoms with Crippen molar-refractivity contribution in [2.75, 3.05) is 19.0 Å². The SMILES string of the molecule is COc1cccc(N[C@H]2CCO[C@@H](C3CC3)C2)c1[N+](=O)[O-]. The fourth-order valence-electron chi connectivity index (χ4n) is 2.97. The summed E-state index contributed by atoms with van der Waals surface area (Å²) < 4.78 is 10.9. The van der Waals surface area contributed by atoms with E-state index < -0.39 is 4.92 Å². The van der Waals surface area contributed by atoms with Crippen molar-refractivity contribution in [2.24, 2.45) is 5.92 Å². The van der Waals surface area contributed by atoms with Crippen LogP contribution in [0.3, 0.4) is 0 Å². The molecule has 3 rings (SSSR count). The molecule has 114 valence electrons. The van der Waals surface area contributed by atoms with Crippen LogP contribution in [0.15, 0.2) is 18.2 Å². The van der Waals surface area contributed by atoms with Crippen LogP contribution in [0.4, 0.5) is 11.4 Å². The lowest BCUT2D eigenvalue weighted by Gasteiger charge is -2.30. The monoisotopic (exact) mass is 292 g/mol. The first-order chi connectivity index (χ1) is 10.2. The molecule has 1 heterocycles. The molecule has 6 nitrogen and oxygen atoms in total.